The van der Waals surface area contributed by atoms with Gasteiger partial charge in [-0.2, -0.15) is 0 Å². The summed E-state index contributed by atoms with van der Waals surface area (Å²) in [6.07, 6.45) is 2.46. The number of hydrogen-bond donors (Lipinski definition) is 2. The van der Waals surface area contributed by atoms with E-state index in [2.05, 4.69) is 29.1 Å². The van der Waals surface area contributed by atoms with Gasteiger partial charge < -0.3 is 10.3 Å². The molecule has 0 fully saturated rings. The first kappa shape index (κ1) is 22.4. The molecule has 2 N–H and O–H groups in total. The molecule has 2 aromatic heterocycles. The molecule has 4 aromatic rings. The molecular formula is C23H21Cl3FN3. The molecule has 2 heterocycles. The third kappa shape index (κ3) is 4.56. The van der Waals surface area contributed by atoms with Gasteiger partial charge in [-0.25, -0.2) is 4.39 Å². The van der Waals surface area contributed by atoms with Crippen LogP contribution in [0, 0.1) is 19.7 Å². The average molecular weight is 465 g/mol. The number of halogens is 4. The summed E-state index contributed by atoms with van der Waals surface area (Å²) in [6.45, 7) is 4.15. The Hall–Kier alpha value is -2.27. The molecule has 0 bridgehead atoms. The van der Waals surface area contributed by atoms with Gasteiger partial charge in [-0.1, -0.05) is 29.3 Å². The summed E-state index contributed by atoms with van der Waals surface area (Å²) >= 11 is 12.3. The molecule has 0 amide bonds. The van der Waals surface area contributed by atoms with E-state index in [-0.39, 0.29) is 24.3 Å². The highest BCUT2D eigenvalue weighted by atomic mass is 35.5. The summed E-state index contributed by atoms with van der Waals surface area (Å²) in [7, 11) is 0. The molecular weight excluding hydrogens is 444 g/mol. The highest BCUT2D eigenvalue weighted by Gasteiger charge is 2.20. The van der Waals surface area contributed by atoms with Gasteiger partial charge in [-0.05, 0) is 73.9 Å². The van der Waals surface area contributed by atoms with Crippen LogP contribution in [0.15, 0.2) is 54.7 Å². The zero-order valence-electron chi connectivity index (χ0n) is 16.5. The Balaban J connectivity index is 0.00000256. The van der Waals surface area contributed by atoms with Crippen LogP contribution >= 0.6 is 35.6 Å². The van der Waals surface area contributed by atoms with Crippen molar-refractivity contribution in [2.75, 3.05) is 5.32 Å². The van der Waals surface area contributed by atoms with Crippen LogP contribution in [0.5, 0.6) is 0 Å². The maximum absolute atomic E-state index is 13.4. The topological polar surface area (TPSA) is 40.7 Å². The van der Waals surface area contributed by atoms with E-state index < -0.39 is 0 Å². The summed E-state index contributed by atoms with van der Waals surface area (Å²) in [5.74, 6) is -0.271. The van der Waals surface area contributed by atoms with Crippen LogP contribution in [-0.2, 0) is 6.42 Å². The van der Waals surface area contributed by atoms with Crippen LogP contribution in [0.1, 0.15) is 28.6 Å². The molecule has 30 heavy (non-hydrogen) atoms. The van der Waals surface area contributed by atoms with Crippen molar-refractivity contribution in [2.45, 2.75) is 26.3 Å². The van der Waals surface area contributed by atoms with Gasteiger partial charge in [0.2, 0.25) is 0 Å². The minimum Gasteiger partial charge on any atom is -0.376 e. The minimum absolute atomic E-state index is 0. The summed E-state index contributed by atoms with van der Waals surface area (Å²) in [4.78, 5) is 8.15. The van der Waals surface area contributed by atoms with E-state index in [4.69, 9.17) is 23.2 Å². The lowest BCUT2D eigenvalue weighted by molar-refractivity contribution is 0.627. The van der Waals surface area contributed by atoms with Gasteiger partial charge in [-0.3, -0.25) is 4.98 Å². The summed E-state index contributed by atoms with van der Waals surface area (Å²) in [5.41, 5.74) is 6.06. The first-order chi connectivity index (χ1) is 13.9. The van der Waals surface area contributed by atoms with E-state index >= 15 is 0 Å². The number of rotatable bonds is 5. The Morgan fingerprint density at radius 3 is 2.47 bits per heavy atom. The fourth-order valence-corrected chi connectivity index (χ4v) is 3.86. The van der Waals surface area contributed by atoms with Crippen molar-refractivity contribution < 1.29 is 4.39 Å². The number of fused-ring (bicyclic) bond motifs is 1. The van der Waals surface area contributed by atoms with Crippen LogP contribution in [0.4, 0.5) is 10.1 Å². The lowest BCUT2D eigenvalue weighted by Crippen LogP contribution is -2.16. The van der Waals surface area contributed by atoms with Gasteiger partial charge in [0.05, 0.1) is 27.3 Å². The van der Waals surface area contributed by atoms with Crippen LogP contribution in [-0.4, -0.2) is 9.97 Å². The molecule has 1 atom stereocenters. The Labute approximate surface area is 191 Å². The Morgan fingerprint density at radius 2 is 1.77 bits per heavy atom. The predicted octanol–water partition coefficient (Wildman–Crippen LogP) is 7.44. The van der Waals surface area contributed by atoms with E-state index in [0.29, 0.717) is 16.5 Å². The largest absolute Gasteiger partial charge is 0.376 e. The molecule has 156 valence electrons. The van der Waals surface area contributed by atoms with E-state index in [1.165, 1.54) is 17.7 Å². The normalized spacial score (nSPS) is 11.9. The van der Waals surface area contributed by atoms with Crippen LogP contribution in [0.25, 0.3) is 10.9 Å². The van der Waals surface area contributed by atoms with Gasteiger partial charge in [-0.15, -0.1) is 12.4 Å². The van der Waals surface area contributed by atoms with Crippen LogP contribution in [0.3, 0.4) is 0 Å². The molecule has 0 saturated heterocycles. The molecule has 0 spiro atoms. The SMILES string of the molecule is Cc1[nH]c2c(C(Cc3ccc(Cl)c(Cl)c3)Nc3ccc(F)cc3)nccc2c1C.Cl. The molecule has 4 rings (SSSR count). The molecule has 2 aromatic carbocycles. The number of pyridine rings is 1. The minimum atomic E-state index is -0.271. The van der Waals surface area contributed by atoms with Crippen molar-refractivity contribution in [1.82, 2.24) is 9.97 Å². The monoisotopic (exact) mass is 463 g/mol. The number of anilines is 1. The maximum Gasteiger partial charge on any atom is 0.123 e. The second kappa shape index (κ2) is 9.25. The van der Waals surface area contributed by atoms with Crippen molar-refractivity contribution in [2.24, 2.45) is 0 Å². The lowest BCUT2D eigenvalue weighted by atomic mass is 10.0. The molecule has 7 heteroatoms. The highest BCUT2D eigenvalue weighted by Crippen LogP contribution is 2.31. The zero-order chi connectivity index (χ0) is 20.5. The smallest absolute Gasteiger partial charge is 0.123 e. The first-order valence-electron chi connectivity index (χ1n) is 9.32. The first-order valence-corrected chi connectivity index (χ1v) is 10.1. The molecule has 0 radical (unpaired) electrons. The average Bonchev–Trinajstić information content (AvgIpc) is 3.00. The molecule has 0 aliphatic heterocycles. The molecule has 0 aliphatic carbocycles. The van der Waals surface area contributed by atoms with Gasteiger partial charge in [0, 0.05) is 23.0 Å². The standard InChI is InChI=1S/C23H20Cl2FN3.ClH/c1-13-14(2)28-22-18(13)9-10-27-23(22)21(29-17-6-4-16(26)5-7-17)12-15-3-8-19(24)20(25)11-15;/h3-11,21,28-29H,12H2,1-2H3;1H. The van der Waals surface area contributed by atoms with E-state index in [1.54, 1.807) is 18.2 Å². The lowest BCUT2D eigenvalue weighted by Gasteiger charge is -2.21. The Kier molecular flexibility index (Phi) is 6.91. The number of H-pyrrole nitrogens is 1. The second-order valence-electron chi connectivity index (χ2n) is 7.15. The van der Waals surface area contributed by atoms with Crippen molar-refractivity contribution in [3.63, 3.8) is 0 Å². The number of aryl methyl sites for hydroxylation is 2. The maximum atomic E-state index is 13.4. The van der Waals surface area contributed by atoms with Gasteiger partial charge in [0.1, 0.15) is 5.82 Å². The number of nitrogens with one attached hydrogen (secondary N) is 2. The third-order valence-electron chi connectivity index (χ3n) is 5.20. The van der Waals surface area contributed by atoms with E-state index in [1.807, 2.05) is 24.4 Å². The van der Waals surface area contributed by atoms with E-state index in [9.17, 15) is 4.39 Å². The molecule has 0 saturated carbocycles. The Bertz CT molecular complexity index is 1170. The quantitative estimate of drug-likeness (QED) is 0.322. The number of hydrogen-bond acceptors (Lipinski definition) is 2. The van der Waals surface area contributed by atoms with Gasteiger partial charge in [0.25, 0.3) is 0 Å². The van der Waals surface area contributed by atoms with Crippen LogP contribution in [0.2, 0.25) is 10.0 Å². The Morgan fingerprint density at radius 1 is 1.03 bits per heavy atom. The molecule has 0 aliphatic rings. The number of nitrogens with zero attached hydrogens (tertiary/aromatic N) is 1. The van der Waals surface area contributed by atoms with Crippen molar-refractivity contribution in [3.8, 4) is 0 Å². The van der Waals surface area contributed by atoms with Crippen molar-refractivity contribution in [1.29, 1.82) is 0 Å². The number of aromatic amines is 1. The van der Waals surface area contributed by atoms with Crippen molar-refractivity contribution in [3.05, 3.63) is 93.1 Å². The second-order valence-corrected chi connectivity index (χ2v) is 7.96. The van der Waals surface area contributed by atoms with Crippen molar-refractivity contribution >= 4 is 52.2 Å². The highest BCUT2D eigenvalue weighted by molar-refractivity contribution is 6.42. The molecule has 3 nitrogen and oxygen atoms in total. The third-order valence-corrected chi connectivity index (χ3v) is 5.94. The fraction of sp³-hybridized carbons (Fsp3) is 0.174. The summed E-state index contributed by atoms with van der Waals surface area (Å²) in [5, 5.41) is 5.69. The zero-order valence-corrected chi connectivity index (χ0v) is 18.8. The van der Waals surface area contributed by atoms with Gasteiger partial charge in [0.15, 0.2) is 0 Å². The number of aromatic nitrogens is 2. The van der Waals surface area contributed by atoms with Crippen LogP contribution < -0.4 is 5.32 Å². The predicted molar refractivity (Wildman–Crippen MR) is 126 cm³/mol. The number of benzene rings is 2. The summed E-state index contributed by atoms with van der Waals surface area (Å²) < 4.78 is 13.4. The van der Waals surface area contributed by atoms with E-state index in [0.717, 1.165) is 33.5 Å². The van der Waals surface area contributed by atoms with Gasteiger partial charge >= 0.3 is 0 Å². The summed E-state index contributed by atoms with van der Waals surface area (Å²) in [6, 6.07) is 13.8. The molecule has 1 unspecified atom stereocenters. The fourth-order valence-electron chi connectivity index (χ4n) is 3.53.